The van der Waals surface area contributed by atoms with E-state index in [-0.39, 0.29) is 0 Å². The van der Waals surface area contributed by atoms with Crippen molar-refractivity contribution in [1.29, 1.82) is 0 Å². The SMILES string of the molecule is CC(C)CCN(CCC(C)C)Cc1cccc(O)c1. The highest BCUT2D eigenvalue weighted by molar-refractivity contribution is 5.26. The lowest BCUT2D eigenvalue weighted by Crippen LogP contribution is -2.27. The molecule has 2 heteroatoms. The fourth-order valence-electron chi connectivity index (χ4n) is 2.06. The van der Waals surface area contributed by atoms with Crippen LogP contribution in [-0.4, -0.2) is 23.1 Å². The van der Waals surface area contributed by atoms with Crippen LogP contribution in [0, 0.1) is 11.8 Å². The first kappa shape index (κ1) is 16.0. The summed E-state index contributed by atoms with van der Waals surface area (Å²) in [5, 5.41) is 9.54. The van der Waals surface area contributed by atoms with Gasteiger partial charge in [-0.1, -0.05) is 39.8 Å². The smallest absolute Gasteiger partial charge is 0.115 e. The Hall–Kier alpha value is -1.02. The van der Waals surface area contributed by atoms with Gasteiger partial charge < -0.3 is 5.11 Å². The van der Waals surface area contributed by atoms with Gasteiger partial charge in [-0.15, -0.1) is 0 Å². The molecule has 1 N–H and O–H groups in total. The van der Waals surface area contributed by atoms with Gasteiger partial charge in [0, 0.05) is 6.54 Å². The number of phenolic OH excluding ortho intramolecular Hbond substituents is 1. The molecule has 0 amide bonds. The third-order valence-corrected chi connectivity index (χ3v) is 3.36. The summed E-state index contributed by atoms with van der Waals surface area (Å²) in [6.45, 7) is 12.3. The van der Waals surface area contributed by atoms with Crippen molar-refractivity contribution in [3.05, 3.63) is 29.8 Å². The van der Waals surface area contributed by atoms with Crippen LogP contribution < -0.4 is 0 Å². The van der Waals surface area contributed by atoms with Crippen molar-refractivity contribution in [3.63, 3.8) is 0 Å². The zero-order valence-corrected chi connectivity index (χ0v) is 12.9. The third kappa shape index (κ3) is 7.22. The lowest BCUT2D eigenvalue weighted by Gasteiger charge is -2.24. The van der Waals surface area contributed by atoms with Crippen molar-refractivity contribution >= 4 is 0 Å². The molecule has 2 nitrogen and oxygen atoms in total. The van der Waals surface area contributed by atoms with Crippen LogP contribution in [0.5, 0.6) is 5.75 Å². The van der Waals surface area contributed by atoms with E-state index in [1.807, 2.05) is 12.1 Å². The summed E-state index contributed by atoms with van der Waals surface area (Å²) < 4.78 is 0. The maximum absolute atomic E-state index is 9.54. The first-order chi connectivity index (χ1) is 8.97. The van der Waals surface area contributed by atoms with Crippen molar-refractivity contribution in [1.82, 2.24) is 4.90 Å². The number of nitrogens with zero attached hydrogens (tertiary/aromatic N) is 1. The molecular formula is C17H29NO. The van der Waals surface area contributed by atoms with Gasteiger partial charge in [-0.05, 0) is 55.5 Å². The zero-order chi connectivity index (χ0) is 14.3. The Balaban J connectivity index is 2.56. The highest BCUT2D eigenvalue weighted by Gasteiger charge is 2.08. The van der Waals surface area contributed by atoms with E-state index in [1.165, 1.54) is 18.4 Å². The van der Waals surface area contributed by atoms with Crippen molar-refractivity contribution in [3.8, 4) is 5.75 Å². The molecule has 1 aromatic rings. The number of rotatable bonds is 8. The predicted molar refractivity (Wildman–Crippen MR) is 82.3 cm³/mol. The lowest BCUT2D eigenvalue weighted by molar-refractivity contribution is 0.235. The molecule has 1 rings (SSSR count). The van der Waals surface area contributed by atoms with E-state index in [2.05, 4.69) is 38.7 Å². The fraction of sp³-hybridized carbons (Fsp3) is 0.647. The van der Waals surface area contributed by atoms with Crippen molar-refractivity contribution < 1.29 is 5.11 Å². The van der Waals surface area contributed by atoms with Gasteiger partial charge in [-0.2, -0.15) is 0 Å². The van der Waals surface area contributed by atoms with Gasteiger partial charge in [0.2, 0.25) is 0 Å². The minimum atomic E-state index is 0.366. The molecule has 0 unspecified atom stereocenters. The first-order valence-electron chi connectivity index (χ1n) is 7.47. The van der Waals surface area contributed by atoms with E-state index in [4.69, 9.17) is 0 Å². The summed E-state index contributed by atoms with van der Waals surface area (Å²) in [4.78, 5) is 2.51. The molecule has 0 bridgehead atoms. The Morgan fingerprint density at radius 3 is 2.05 bits per heavy atom. The summed E-state index contributed by atoms with van der Waals surface area (Å²) >= 11 is 0. The van der Waals surface area contributed by atoms with Crippen LogP contribution in [0.2, 0.25) is 0 Å². The summed E-state index contributed by atoms with van der Waals surface area (Å²) in [7, 11) is 0. The lowest BCUT2D eigenvalue weighted by atomic mass is 10.1. The van der Waals surface area contributed by atoms with Crippen LogP contribution in [0.3, 0.4) is 0 Å². The highest BCUT2D eigenvalue weighted by Crippen LogP contribution is 2.15. The second-order valence-electron chi connectivity index (χ2n) is 6.31. The van der Waals surface area contributed by atoms with E-state index >= 15 is 0 Å². The van der Waals surface area contributed by atoms with Crippen molar-refractivity contribution in [2.75, 3.05) is 13.1 Å². The molecular weight excluding hydrogens is 234 g/mol. The van der Waals surface area contributed by atoms with Crippen LogP contribution in [0.15, 0.2) is 24.3 Å². The van der Waals surface area contributed by atoms with Gasteiger partial charge in [-0.25, -0.2) is 0 Å². The van der Waals surface area contributed by atoms with E-state index < -0.39 is 0 Å². The van der Waals surface area contributed by atoms with Crippen LogP contribution >= 0.6 is 0 Å². The third-order valence-electron chi connectivity index (χ3n) is 3.36. The minimum Gasteiger partial charge on any atom is -0.508 e. The van der Waals surface area contributed by atoms with Gasteiger partial charge in [-0.3, -0.25) is 4.90 Å². The molecule has 0 heterocycles. The number of phenols is 1. The van der Waals surface area contributed by atoms with Gasteiger partial charge in [0.15, 0.2) is 0 Å². The molecule has 0 saturated carbocycles. The van der Waals surface area contributed by atoms with Gasteiger partial charge in [0.05, 0.1) is 0 Å². The standard InChI is InChI=1S/C17H29NO/c1-14(2)8-10-18(11-9-15(3)4)13-16-6-5-7-17(19)12-16/h5-7,12,14-15,19H,8-11,13H2,1-4H3. The molecule has 0 aromatic heterocycles. The van der Waals surface area contributed by atoms with Crippen molar-refractivity contribution in [2.45, 2.75) is 47.1 Å². The second kappa shape index (κ2) is 8.21. The largest absolute Gasteiger partial charge is 0.508 e. The average Bonchev–Trinajstić information content (AvgIpc) is 2.32. The number of hydrogen-bond donors (Lipinski definition) is 1. The zero-order valence-electron chi connectivity index (χ0n) is 12.9. The molecule has 1 aromatic carbocycles. The number of benzene rings is 1. The maximum Gasteiger partial charge on any atom is 0.115 e. The summed E-state index contributed by atoms with van der Waals surface area (Å²) in [5.41, 5.74) is 1.20. The number of hydrogen-bond acceptors (Lipinski definition) is 2. The van der Waals surface area contributed by atoms with Crippen LogP contribution in [0.25, 0.3) is 0 Å². The highest BCUT2D eigenvalue weighted by atomic mass is 16.3. The van der Waals surface area contributed by atoms with E-state index in [0.717, 1.165) is 31.5 Å². The molecule has 0 spiro atoms. The van der Waals surface area contributed by atoms with Gasteiger partial charge >= 0.3 is 0 Å². The minimum absolute atomic E-state index is 0.366. The first-order valence-corrected chi connectivity index (χ1v) is 7.47. The molecule has 0 aliphatic heterocycles. The van der Waals surface area contributed by atoms with Crippen molar-refractivity contribution in [2.24, 2.45) is 11.8 Å². The number of aromatic hydroxyl groups is 1. The Morgan fingerprint density at radius 1 is 1.00 bits per heavy atom. The monoisotopic (exact) mass is 263 g/mol. The summed E-state index contributed by atoms with van der Waals surface area (Å²) in [5.74, 6) is 1.85. The van der Waals surface area contributed by atoms with Crippen LogP contribution in [0.4, 0.5) is 0 Å². The Bertz CT molecular complexity index is 348. The molecule has 0 fully saturated rings. The van der Waals surface area contributed by atoms with Gasteiger partial charge in [0.25, 0.3) is 0 Å². The van der Waals surface area contributed by atoms with Crippen LogP contribution in [0.1, 0.15) is 46.1 Å². The molecule has 0 saturated heterocycles. The summed E-state index contributed by atoms with van der Waals surface area (Å²) in [6.07, 6.45) is 2.47. The molecule has 0 aliphatic rings. The van der Waals surface area contributed by atoms with E-state index in [0.29, 0.717) is 5.75 Å². The molecule has 108 valence electrons. The van der Waals surface area contributed by atoms with E-state index in [9.17, 15) is 5.11 Å². The van der Waals surface area contributed by atoms with E-state index in [1.54, 1.807) is 6.07 Å². The van der Waals surface area contributed by atoms with Gasteiger partial charge in [0.1, 0.15) is 5.75 Å². The molecule has 0 atom stereocenters. The fourth-order valence-corrected chi connectivity index (χ4v) is 2.06. The molecule has 19 heavy (non-hydrogen) atoms. The molecule has 0 aliphatic carbocycles. The maximum atomic E-state index is 9.54. The predicted octanol–water partition coefficient (Wildman–Crippen LogP) is 4.29. The topological polar surface area (TPSA) is 23.5 Å². The Labute approximate surface area is 118 Å². The Morgan fingerprint density at radius 2 is 1.58 bits per heavy atom. The normalized spacial score (nSPS) is 11.7. The molecule has 0 radical (unpaired) electrons. The van der Waals surface area contributed by atoms with Crippen LogP contribution in [-0.2, 0) is 6.54 Å². The quantitative estimate of drug-likeness (QED) is 0.756. The second-order valence-corrected chi connectivity index (χ2v) is 6.31. The Kier molecular flexibility index (Phi) is 6.93. The average molecular weight is 263 g/mol. The summed E-state index contributed by atoms with van der Waals surface area (Å²) in [6, 6.07) is 7.62.